The Morgan fingerprint density at radius 3 is 2.70 bits per heavy atom. The first-order valence-corrected chi connectivity index (χ1v) is 9.57. The molecule has 30 heavy (non-hydrogen) atoms. The fourth-order valence-electron chi connectivity index (χ4n) is 3.85. The van der Waals surface area contributed by atoms with Crippen LogP contribution in [0.4, 0.5) is 18.9 Å². The van der Waals surface area contributed by atoms with E-state index in [1.54, 1.807) is 17.0 Å². The predicted molar refractivity (Wildman–Crippen MR) is 105 cm³/mol. The highest BCUT2D eigenvalue weighted by Crippen LogP contribution is 2.40. The third-order valence-electron chi connectivity index (χ3n) is 5.26. The number of aliphatic hydroxyl groups excluding tert-OH is 1. The van der Waals surface area contributed by atoms with E-state index in [4.69, 9.17) is 16.0 Å². The molecular weight excluding hydrogens is 419 g/mol. The largest absolute Gasteiger partial charge is 0.464 e. The van der Waals surface area contributed by atoms with E-state index < -0.39 is 18.0 Å². The number of hydrogen-bond acceptors (Lipinski definition) is 4. The van der Waals surface area contributed by atoms with Gasteiger partial charge in [-0.05, 0) is 36.2 Å². The van der Waals surface area contributed by atoms with Crippen molar-refractivity contribution in [3.8, 4) is 11.3 Å². The Balaban J connectivity index is 1.67. The highest BCUT2D eigenvalue weighted by atomic mass is 35.5. The Kier molecular flexibility index (Phi) is 4.30. The van der Waals surface area contributed by atoms with Gasteiger partial charge in [0, 0.05) is 24.0 Å². The number of furan rings is 1. The van der Waals surface area contributed by atoms with Crippen molar-refractivity contribution in [2.24, 2.45) is 0 Å². The molecule has 1 aliphatic rings. The maximum atomic E-state index is 13.8. The third kappa shape index (κ3) is 2.95. The molecular formula is C21H15ClF3N3O2. The number of para-hydroxylation sites is 1. The van der Waals surface area contributed by atoms with E-state index in [-0.39, 0.29) is 27.8 Å². The molecule has 0 saturated carbocycles. The van der Waals surface area contributed by atoms with Crippen LogP contribution in [0.15, 0.2) is 59.3 Å². The number of benzene rings is 1. The summed E-state index contributed by atoms with van der Waals surface area (Å²) in [6, 6.07) is 11.7. The van der Waals surface area contributed by atoms with E-state index in [1.165, 1.54) is 12.5 Å². The minimum atomic E-state index is -4.67. The molecule has 1 atom stereocenters. The predicted octanol–water partition coefficient (Wildman–Crippen LogP) is 5.32. The lowest BCUT2D eigenvalue weighted by atomic mass is 10.1. The van der Waals surface area contributed by atoms with Crippen molar-refractivity contribution in [1.82, 2.24) is 9.38 Å². The van der Waals surface area contributed by atoms with E-state index in [0.717, 1.165) is 21.7 Å². The minimum absolute atomic E-state index is 0.0320. The quantitative estimate of drug-likeness (QED) is 0.475. The molecule has 1 aliphatic heterocycles. The van der Waals surface area contributed by atoms with Gasteiger partial charge in [0.15, 0.2) is 11.9 Å². The number of pyridine rings is 1. The van der Waals surface area contributed by atoms with E-state index in [2.05, 4.69) is 4.98 Å². The average Bonchev–Trinajstić information content (AvgIpc) is 3.45. The molecule has 4 heterocycles. The molecule has 1 unspecified atom stereocenters. The first kappa shape index (κ1) is 19.0. The number of alkyl halides is 3. The van der Waals surface area contributed by atoms with Crippen molar-refractivity contribution in [1.29, 1.82) is 0 Å². The Morgan fingerprint density at radius 2 is 1.97 bits per heavy atom. The monoisotopic (exact) mass is 433 g/mol. The molecule has 4 aromatic rings. The first-order valence-electron chi connectivity index (χ1n) is 9.20. The van der Waals surface area contributed by atoms with Crippen LogP contribution in [-0.2, 0) is 12.6 Å². The summed E-state index contributed by atoms with van der Waals surface area (Å²) >= 11 is 6.43. The number of imidazole rings is 1. The summed E-state index contributed by atoms with van der Waals surface area (Å²) in [4.78, 5) is 5.79. The van der Waals surface area contributed by atoms with Crippen LogP contribution in [0.3, 0.4) is 0 Å². The lowest BCUT2D eigenvalue weighted by Gasteiger charge is -2.24. The molecule has 1 aromatic carbocycles. The molecule has 3 aromatic heterocycles. The third-order valence-corrected chi connectivity index (χ3v) is 5.64. The summed E-state index contributed by atoms with van der Waals surface area (Å²) in [6.07, 6.45) is -2.43. The summed E-state index contributed by atoms with van der Waals surface area (Å²) in [6.45, 7) is 0.508. The van der Waals surface area contributed by atoms with Crippen molar-refractivity contribution in [2.45, 2.75) is 18.8 Å². The van der Waals surface area contributed by atoms with E-state index in [1.807, 2.05) is 24.3 Å². The molecule has 1 N–H and O–H groups in total. The van der Waals surface area contributed by atoms with Gasteiger partial charge in [-0.3, -0.25) is 4.40 Å². The average molecular weight is 434 g/mol. The molecule has 0 spiro atoms. The smallest absolute Gasteiger partial charge is 0.420 e. The normalized spacial score (nSPS) is 15.0. The highest BCUT2D eigenvalue weighted by Gasteiger charge is 2.37. The number of nitrogens with zero attached hydrogens (tertiary/aromatic N) is 3. The van der Waals surface area contributed by atoms with Gasteiger partial charge in [0.05, 0.1) is 11.8 Å². The van der Waals surface area contributed by atoms with Gasteiger partial charge in [-0.2, -0.15) is 13.2 Å². The number of aromatic nitrogens is 2. The number of anilines is 1. The zero-order valence-electron chi connectivity index (χ0n) is 15.4. The zero-order valence-corrected chi connectivity index (χ0v) is 16.2. The lowest BCUT2D eigenvalue weighted by Crippen LogP contribution is -2.27. The van der Waals surface area contributed by atoms with Crippen molar-refractivity contribution in [3.05, 3.63) is 76.9 Å². The van der Waals surface area contributed by atoms with Gasteiger partial charge in [0.2, 0.25) is 0 Å². The maximum absolute atomic E-state index is 13.8. The number of fused-ring (bicyclic) bond motifs is 2. The van der Waals surface area contributed by atoms with Crippen LogP contribution >= 0.6 is 11.6 Å². The summed E-state index contributed by atoms with van der Waals surface area (Å²) in [7, 11) is 0. The van der Waals surface area contributed by atoms with Gasteiger partial charge in [0.25, 0.3) is 0 Å². The standard InChI is InChI=1S/C21H15ClF3N3O2/c22-18-17(20(29)27-8-7-12-4-1-2-5-15(12)27)26-19-14(21(23,24)25)10-13(11-28(18)19)16-6-3-9-30-16/h1-6,9-11,20,29H,7-8H2. The van der Waals surface area contributed by atoms with Gasteiger partial charge >= 0.3 is 6.18 Å². The molecule has 5 nitrogen and oxygen atoms in total. The number of halogens is 4. The molecule has 0 fully saturated rings. The van der Waals surface area contributed by atoms with Crippen molar-refractivity contribution >= 4 is 22.9 Å². The van der Waals surface area contributed by atoms with Gasteiger partial charge in [-0.15, -0.1) is 0 Å². The van der Waals surface area contributed by atoms with E-state index in [9.17, 15) is 18.3 Å². The molecule has 0 aliphatic carbocycles. The second-order valence-electron chi connectivity index (χ2n) is 7.04. The Hall–Kier alpha value is -2.97. The van der Waals surface area contributed by atoms with Crippen molar-refractivity contribution in [2.75, 3.05) is 11.4 Å². The van der Waals surface area contributed by atoms with Crippen molar-refractivity contribution in [3.63, 3.8) is 0 Å². The summed E-state index contributed by atoms with van der Waals surface area (Å²) < 4.78 is 47.7. The van der Waals surface area contributed by atoms with Gasteiger partial charge in [0.1, 0.15) is 16.6 Å². The molecule has 5 rings (SSSR count). The minimum Gasteiger partial charge on any atom is -0.464 e. The summed E-state index contributed by atoms with van der Waals surface area (Å²) in [5, 5.41) is 10.9. The van der Waals surface area contributed by atoms with Crippen LogP contribution in [0.2, 0.25) is 5.15 Å². The number of hydrogen-bond donors (Lipinski definition) is 1. The Morgan fingerprint density at radius 1 is 1.17 bits per heavy atom. The van der Waals surface area contributed by atoms with Crippen molar-refractivity contribution < 1.29 is 22.7 Å². The fourth-order valence-corrected chi connectivity index (χ4v) is 4.12. The summed E-state index contributed by atoms with van der Waals surface area (Å²) in [5.74, 6) is 0.266. The topological polar surface area (TPSA) is 53.9 Å². The van der Waals surface area contributed by atoms with Gasteiger partial charge < -0.3 is 14.4 Å². The van der Waals surface area contributed by atoms with Crippen LogP contribution in [0, 0.1) is 0 Å². The SMILES string of the molecule is OC(c1nc2c(C(F)(F)F)cc(-c3ccco3)cn2c1Cl)N1CCc2ccccc21. The second kappa shape index (κ2) is 6.78. The van der Waals surface area contributed by atoms with Crippen LogP contribution in [-0.4, -0.2) is 21.0 Å². The Labute approximate surface area is 173 Å². The zero-order chi connectivity index (χ0) is 21.0. The van der Waals surface area contributed by atoms with E-state index in [0.29, 0.717) is 13.0 Å². The molecule has 0 radical (unpaired) electrons. The van der Waals surface area contributed by atoms with Crippen LogP contribution < -0.4 is 4.90 Å². The van der Waals surface area contributed by atoms with Crippen LogP contribution in [0.5, 0.6) is 0 Å². The molecule has 154 valence electrons. The maximum Gasteiger partial charge on any atom is 0.420 e. The lowest BCUT2D eigenvalue weighted by molar-refractivity contribution is -0.136. The molecule has 9 heteroatoms. The molecule has 0 amide bonds. The molecule has 0 saturated heterocycles. The van der Waals surface area contributed by atoms with Crippen LogP contribution in [0.1, 0.15) is 23.0 Å². The second-order valence-corrected chi connectivity index (χ2v) is 7.40. The molecule has 0 bridgehead atoms. The van der Waals surface area contributed by atoms with Gasteiger partial charge in [-0.1, -0.05) is 29.8 Å². The number of aliphatic hydroxyl groups is 1. The highest BCUT2D eigenvalue weighted by molar-refractivity contribution is 6.30. The van der Waals surface area contributed by atoms with Gasteiger partial charge in [-0.25, -0.2) is 4.98 Å². The Bertz CT molecular complexity index is 1230. The van der Waals surface area contributed by atoms with Crippen LogP contribution in [0.25, 0.3) is 17.0 Å². The number of rotatable bonds is 3. The summed E-state index contributed by atoms with van der Waals surface area (Å²) in [5.41, 5.74) is 0.697. The van der Waals surface area contributed by atoms with E-state index >= 15 is 0 Å². The fraction of sp³-hybridized carbons (Fsp3) is 0.190. The first-order chi connectivity index (χ1) is 14.3.